The summed E-state index contributed by atoms with van der Waals surface area (Å²) in [6.07, 6.45) is 6.79. The van der Waals surface area contributed by atoms with E-state index in [2.05, 4.69) is 18.9 Å². The Morgan fingerprint density at radius 3 is 2.90 bits per heavy atom. The Morgan fingerprint density at radius 1 is 1.60 bits per heavy atom. The fraction of sp³-hybridized carbons (Fsp3) is 0.889. The third-order valence-electron chi connectivity index (χ3n) is 2.39. The molecule has 1 saturated heterocycles. The van der Waals surface area contributed by atoms with E-state index in [9.17, 15) is 0 Å². The van der Waals surface area contributed by atoms with E-state index in [-0.39, 0.29) is 0 Å². The minimum Gasteiger partial charge on any atom is -0.299 e. The third-order valence-corrected chi connectivity index (χ3v) is 2.39. The topological polar surface area (TPSA) is 3.24 Å². The van der Waals surface area contributed by atoms with Crippen molar-refractivity contribution >= 4 is 0 Å². The van der Waals surface area contributed by atoms with Crippen LogP contribution in [-0.2, 0) is 0 Å². The van der Waals surface area contributed by atoms with Crippen molar-refractivity contribution in [3.8, 4) is 0 Å². The summed E-state index contributed by atoms with van der Waals surface area (Å²) < 4.78 is 0. The maximum atomic E-state index is 4.01. The molecule has 0 aromatic rings. The van der Waals surface area contributed by atoms with Crippen molar-refractivity contribution in [2.24, 2.45) is 0 Å². The Labute approximate surface area is 64.4 Å². The van der Waals surface area contributed by atoms with Gasteiger partial charge in [-0.3, -0.25) is 4.90 Å². The number of likely N-dealkylation sites (tertiary alicyclic amines) is 1. The van der Waals surface area contributed by atoms with Gasteiger partial charge in [0, 0.05) is 13.1 Å². The highest BCUT2D eigenvalue weighted by atomic mass is 15.1. The molecule has 1 aliphatic rings. The van der Waals surface area contributed by atoms with Crippen LogP contribution in [0.3, 0.4) is 0 Å². The molecule has 1 rings (SSSR count). The minimum atomic E-state index is 0.806. The van der Waals surface area contributed by atoms with Gasteiger partial charge in [-0.2, -0.15) is 0 Å². The van der Waals surface area contributed by atoms with Gasteiger partial charge in [-0.05, 0) is 25.8 Å². The van der Waals surface area contributed by atoms with Gasteiger partial charge < -0.3 is 0 Å². The SMILES string of the molecule is [CH2]N1CCCC1CCCC. The molecule has 1 aliphatic heterocycles. The fourth-order valence-corrected chi connectivity index (χ4v) is 1.66. The summed E-state index contributed by atoms with van der Waals surface area (Å²) in [5.41, 5.74) is 0. The highest BCUT2D eigenvalue weighted by molar-refractivity contribution is 4.77. The normalized spacial score (nSPS) is 27.6. The van der Waals surface area contributed by atoms with Crippen LogP contribution in [0.15, 0.2) is 0 Å². The van der Waals surface area contributed by atoms with Crippen molar-refractivity contribution in [3.63, 3.8) is 0 Å². The highest BCUT2D eigenvalue weighted by Crippen LogP contribution is 2.20. The first kappa shape index (κ1) is 8.06. The van der Waals surface area contributed by atoms with E-state index in [0.717, 1.165) is 6.04 Å². The van der Waals surface area contributed by atoms with E-state index < -0.39 is 0 Å². The van der Waals surface area contributed by atoms with Crippen molar-refractivity contribution < 1.29 is 0 Å². The minimum absolute atomic E-state index is 0.806. The van der Waals surface area contributed by atoms with Crippen molar-refractivity contribution in [2.75, 3.05) is 6.54 Å². The summed E-state index contributed by atoms with van der Waals surface area (Å²) in [6, 6.07) is 0.806. The van der Waals surface area contributed by atoms with Crippen LogP contribution in [0.4, 0.5) is 0 Å². The zero-order valence-electron chi connectivity index (χ0n) is 6.97. The highest BCUT2D eigenvalue weighted by Gasteiger charge is 2.19. The molecule has 0 N–H and O–H groups in total. The Morgan fingerprint density at radius 2 is 2.40 bits per heavy atom. The summed E-state index contributed by atoms with van der Waals surface area (Å²) in [5, 5.41) is 0. The fourth-order valence-electron chi connectivity index (χ4n) is 1.66. The first-order valence-electron chi connectivity index (χ1n) is 4.41. The smallest absolute Gasteiger partial charge is 0.0112 e. The Bertz CT molecular complexity index is 90.7. The van der Waals surface area contributed by atoms with Gasteiger partial charge in [-0.1, -0.05) is 19.8 Å². The molecule has 1 unspecified atom stereocenters. The number of hydrogen-bond donors (Lipinski definition) is 0. The molecular weight excluding hydrogens is 122 g/mol. The average Bonchev–Trinajstić information content (AvgIpc) is 2.31. The second-order valence-corrected chi connectivity index (χ2v) is 3.25. The van der Waals surface area contributed by atoms with E-state index in [1.54, 1.807) is 0 Å². The maximum absolute atomic E-state index is 4.01. The van der Waals surface area contributed by atoms with Crippen LogP contribution in [0.1, 0.15) is 39.0 Å². The van der Waals surface area contributed by atoms with Crippen LogP contribution in [-0.4, -0.2) is 17.5 Å². The molecule has 0 aromatic heterocycles. The van der Waals surface area contributed by atoms with E-state index in [1.165, 1.54) is 38.6 Å². The van der Waals surface area contributed by atoms with Crippen LogP contribution in [0.5, 0.6) is 0 Å². The molecule has 10 heavy (non-hydrogen) atoms. The summed E-state index contributed by atoms with van der Waals surface area (Å²) in [5.74, 6) is 0. The van der Waals surface area contributed by atoms with E-state index >= 15 is 0 Å². The number of unbranched alkanes of at least 4 members (excludes halogenated alkanes) is 1. The molecule has 1 heterocycles. The van der Waals surface area contributed by atoms with Crippen molar-refractivity contribution in [2.45, 2.75) is 45.1 Å². The van der Waals surface area contributed by atoms with Crippen LogP contribution in [0.25, 0.3) is 0 Å². The number of nitrogens with zero attached hydrogens (tertiary/aromatic N) is 1. The molecule has 0 spiro atoms. The first-order valence-corrected chi connectivity index (χ1v) is 4.41. The van der Waals surface area contributed by atoms with Gasteiger partial charge in [0.25, 0.3) is 0 Å². The summed E-state index contributed by atoms with van der Waals surface area (Å²) in [4.78, 5) is 2.26. The van der Waals surface area contributed by atoms with Crippen molar-refractivity contribution in [3.05, 3.63) is 7.05 Å². The summed E-state index contributed by atoms with van der Waals surface area (Å²) in [6.45, 7) is 3.47. The van der Waals surface area contributed by atoms with Crippen LogP contribution in [0.2, 0.25) is 0 Å². The second-order valence-electron chi connectivity index (χ2n) is 3.25. The summed E-state index contributed by atoms with van der Waals surface area (Å²) >= 11 is 0. The monoisotopic (exact) mass is 140 g/mol. The first-order chi connectivity index (χ1) is 4.84. The molecule has 0 aliphatic carbocycles. The van der Waals surface area contributed by atoms with Crippen molar-refractivity contribution in [1.29, 1.82) is 0 Å². The molecule has 1 nitrogen and oxygen atoms in total. The van der Waals surface area contributed by atoms with E-state index in [0.29, 0.717) is 0 Å². The molecule has 1 atom stereocenters. The second kappa shape index (κ2) is 3.97. The van der Waals surface area contributed by atoms with Crippen LogP contribution in [0, 0.1) is 7.05 Å². The van der Waals surface area contributed by atoms with Gasteiger partial charge in [-0.15, -0.1) is 0 Å². The van der Waals surface area contributed by atoms with E-state index in [4.69, 9.17) is 0 Å². The number of rotatable bonds is 3. The standard InChI is InChI=1S/C9H18N/c1-3-4-6-9-7-5-8-10(9)2/h9H,2-8H2,1H3. The predicted molar refractivity (Wildman–Crippen MR) is 44.6 cm³/mol. The van der Waals surface area contributed by atoms with Gasteiger partial charge in [0.05, 0.1) is 0 Å². The Hall–Kier alpha value is -0.0400. The lowest BCUT2D eigenvalue weighted by Crippen LogP contribution is -2.22. The Balaban J connectivity index is 2.14. The molecule has 0 aromatic carbocycles. The van der Waals surface area contributed by atoms with Crippen LogP contribution < -0.4 is 0 Å². The van der Waals surface area contributed by atoms with Gasteiger partial charge in [0.2, 0.25) is 0 Å². The molecule has 1 radical (unpaired) electrons. The average molecular weight is 140 g/mol. The van der Waals surface area contributed by atoms with E-state index in [1.807, 2.05) is 0 Å². The van der Waals surface area contributed by atoms with Gasteiger partial charge in [0.1, 0.15) is 0 Å². The maximum Gasteiger partial charge on any atom is 0.0112 e. The van der Waals surface area contributed by atoms with Crippen LogP contribution >= 0.6 is 0 Å². The molecule has 0 bridgehead atoms. The van der Waals surface area contributed by atoms with Gasteiger partial charge in [-0.25, -0.2) is 0 Å². The predicted octanol–water partition coefficient (Wildman–Crippen LogP) is 2.43. The Kier molecular flexibility index (Phi) is 3.20. The summed E-state index contributed by atoms with van der Waals surface area (Å²) in [7, 11) is 4.01. The molecule has 1 heteroatoms. The zero-order valence-corrected chi connectivity index (χ0v) is 6.97. The zero-order chi connectivity index (χ0) is 7.40. The number of hydrogen-bond acceptors (Lipinski definition) is 1. The lowest BCUT2D eigenvalue weighted by Gasteiger charge is -2.17. The molecule has 0 amide bonds. The lowest BCUT2D eigenvalue weighted by atomic mass is 10.1. The van der Waals surface area contributed by atoms with Gasteiger partial charge >= 0.3 is 0 Å². The lowest BCUT2D eigenvalue weighted by molar-refractivity contribution is 0.321. The largest absolute Gasteiger partial charge is 0.299 e. The third kappa shape index (κ3) is 1.98. The molecule has 1 fully saturated rings. The quantitative estimate of drug-likeness (QED) is 0.582. The molecular formula is C9H18N. The molecule has 59 valence electrons. The molecule has 0 saturated carbocycles. The van der Waals surface area contributed by atoms with Gasteiger partial charge in [0.15, 0.2) is 0 Å². The van der Waals surface area contributed by atoms with Crippen molar-refractivity contribution in [1.82, 2.24) is 4.90 Å².